The van der Waals surface area contributed by atoms with E-state index in [4.69, 9.17) is 5.73 Å². The van der Waals surface area contributed by atoms with Crippen LogP contribution in [0, 0.1) is 0 Å². The molecule has 0 unspecified atom stereocenters. The van der Waals surface area contributed by atoms with Crippen molar-refractivity contribution in [1.29, 1.82) is 0 Å². The first kappa shape index (κ1) is 15.1. The van der Waals surface area contributed by atoms with Gasteiger partial charge in [-0.1, -0.05) is 6.92 Å². The van der Waals surface area contributed by atoms with Crippen LogP contribution in [0.4, 0.5) is 11.5 Å². The minimum Gasteiger partial charge on any atom is -0.397 e. The molecule has 20 heavy (non-hydrogen) atoms. The molecule has 0 aliphatic carbocycles. The van der Waals surface area contributed by atoms with Crippen LogP contribution in [-0.2, 0) is 9.84 Å². The second-order valence-electron chi connectivity index (χ2n) is 5.01. The van der Waals surface area contributed by atoms with Crippen LogP contribution < -0.4 is 10.6 Å². The number of nitrogens with zero attached hydrogens (tertiary/aromatic N) is 3. The van der Waals surface area contributed by atoms with E-state index in [0.717, 1.165) is 32.0 Å². The molecule has 0 atom stereocenters. The summed E-state index contributed by atoms with van der Waals surface area (Å²) in [7, 11) is -2.87. The molecule has 1 fully saturated rings. The zero-order chi connectivity index (χ0) is 14.6. The first-order chi connectivity index (χ1) is 9.50. The standard InChI is InChI=1S/C13H22N4O2S/c1-2-20(18,19)10-9-16-5-7-17(8-6-16)13-4-3-12(14)11-15-13/h3-4,11H,2,5-10,14H2,1H3. The fourth-order valence-corrected chi connectivity index (χ4v) is 3.02. The van der Waals surface area contributed by atoms with Gasteiger partial charge in [0.05, 0.1) is 17.6 Å². The first-order valence-electron chi connectivity index (χ1n) is 6.89. The van der Waals surface area contributed by atoms with E-state index < -0.39 is 9.84 Å². The second-order valence-corrected chi connectivity index (χ2v) is 7.49. The highest BCUT2D eigenvalue weighted by Crippen LogP contribution is 2.14. The molecular formula is C13H22N4O2S. The van der Waals surface area contributed by atoms with Gasteiger partial charge < -0.3 is 10.6 Å². The van der Waals surface area contributed by atoms with Crippen molar-refractivity contribution in [3.05, 3.63) is 18.3 Å². The van der Waals surface area contributed by atoms with E-state index in [-0.39, 0.29) is 11.5 Å². The van der Waals surface area contributed by atoms with Crippen LogP contribution in [0.2, 0.25) is 0 Å². The van der Waals surface area contributed by atoms with Crippen molar-refractivity contribution < 1.29 is 8.42 Å². The molecule has 0 bridgehead atoms. The van der Waals surface area contributed by atoms with Gasteiger partial charge in [-0.2, -0.15) is 0 Å². The molecule has 1 aliphatic heterocycles. The molecule has 2 rings (SSSR count). The van der Waals surface area contributed by atoms with E-state index in [2.05, 4.69) is 14.8 Å². The van der Waals surface area contributed by atoms with Crippen molar-refractivity contribution >= 4 is 21.3 Å². The Morgan fingerprint density at radius 1 is 1.25 bits per heavy atom. The van der Waals surface area contributed by atoms with Crippen LogP contribution in [0.15, 0.2) is 18.3 Å². The van der Waals surface area contributed by atoms with Gasteiger partial charge in [-0.05, 0) is 12.1 Å². The lowest BCUT2D eigenvalue weighted by Crippen LogP contribution is -2.48. The Hall–Kier alpha value is -1.34. The molecule has 0 aromatic carbocycles. The van der Waals surface area contributed by atoms with Crippen LogP contribution >= 0.6 is 0 Å². The van der Waals surface area contributed by atoms with Gasteiger partial charge in [0.2, 0.25) is 0 Å². The topological polar surface area (TPSA) is 79.5 Å². The summed E-state index contributed by atoms with van der Waals surface area (Å²) in [6.45, 7) is 5.78. The molecule has 6 nitrogen and oxygen atoms in total. The number of piperazine rings is 1. The van der Waals surface area contributed by atoms with E-state index in [1.165, 1.54) is 0 Å². The Balaban J connectivity index is 1.82. The smallest absolute Gasteiger partial charge is 0.151 e. The average molecular weight is 298 g/mol. The Kier molecular flexibility index (Phi) is 4.82. The average Bonchev–Trinajstić information content (AvgIpc) is 2.47. The summed E-state index contributed by atoms with van der Waals surface area (Å²) in [4.78, 5) is 8.71. The van der Waals surface area contributed by atoms with Crippen molar-refractivity contribution in [2.45, 2.75) is 6.92 Å². The lowest BCUT2D eigenvalue weighted by atomic mass is 10.3. The highest BCUT2D eigenvalue weighted by Gasteiger charge is 2.19. The van der Waals surface area contributed by atoms with E-state index in [9.17, 15) is 8.42 Å². The fraction of sp³-hybridized carbons (Fsp3) is 0.615. The number of sulfone groups is 1. The maximum Gasteiger partial charge on any atom is 0.151 e. The van der Waals surface area contributed by atoms with Gasteiger partial charge in [0, 0.05) is 38.5 Å². The summed E-state index contributed by atoms with van der Waals surface area (Å²) >= 11 is 0. The van der Waals surface area contributed by atoms with E-state index in [0.29, 0.717) is 12.2 Å². The number of hydrogen-bond donors (Lipinski definition) is 1. The molecule has 112 valence electrons. The normalized spacial score (nSPS) is 17.4. The molecule has 1 saturated heterocycles. The third-order valence-electron chi connectivity index (χ3n) is 3.63. The Labute approximate surface area is 120 Å². The number of anilines is 2. The van der Waals surface area contributed by atoms with Gasteiger partial charge >= 0.3 is 0 Å². The third-order valence-corrected chi connectivity index (χ3v) is 5.31. The molecule has 1 aromatic rings. The molecule has 0 saturated carbocycles. The molecule has 7 heteroatoms. The predicted molar refractivity (Wildman–Crippen MR) is 81.6 cm³/mol. The quantitative estimate of drug-likeness (QED) is 0.838. The molecule has 1 aromatic heterocycles. The van der Waals surface area contributed by atoms with Gasteiger partial charge in [-0.25, -0.2) is 13.4 Å². The Morgan fingerprint density at radius 3 is 2.50 bits per heavy atom. The van der Waals surface area contributed by atoms with Crippen LogP contribution in [-0.4, -0.2) is 62.5 Å². The van der Waals surface area contributed by atoms with Crippen molar-refractivity contribution in [3.63, 3.8) is 0 Å². The molecule has 2 N–H and O–H groups in total. The minimum atomic E-state index is -2.87. The number of nitrogen functional groups attached to an aromatic ring is 1. The lowest BCUT2D eigenvalue weighted by molar-refractivity contribution is 0.271. The molecular weight excluding hydrogens is 276 g/mol. The molecule has 0 amide bonds. The van der Waals surface area contributed by atoms with Gasteiger partial charge in [0.1, 0.15) is 5.82 Å². The third kappa shape index (κ3) is 4.08. The maximum atomic E-state index is 11.5. The van der Waals surface area contributed by atoms with Crippen LogP contribution in [0.3, 0.4) is 0 Å². The van der Waals surface area contributed by atoms with E-state index in [1.807, 2.05) is 12.1 Å². The molecule has 1 aliphatic rings. The maximum absolute atomic E-state index is 11.5. The summed E-state index contributed by atoms with van der Waals surface area (Å²) in [5.74, 6) is 1.41. The number of nitrogens with two attached hydrogens (primary N) is 1. The Morgan fingerprint density at radius 2 is 1.95 bits per heavy atom. The van der Waals surface area contributed by atoms with Crippen molar-refractivity contribution in [1.82, 2.24) is 9.88 Å². The van der Waals surface area contributed by atoms with Crippen molar-refractivity contribution in [2.75, 3.05) is 54.9 Å². The summed E-state index contributed by atoms with van der Waals surface area (Å²) in [6.07, 6.45) is 1.66. The number of rotatable bonds is 5. The van der Waals surface area contributed by atoms with Crippen LogP contribution in [0.1, 0.15) is 6.92 Å². The van der Waals surface area contributed by atoms with E-state index in [1.54, 1.807) is 13.1 Å². The van der Waals surface area contributed by atoms with Gasteiger partial charge in [0.15, 0.2) is 9.84 Å². The number of hydrogen-bond acceptors (Lipinski definition) is 6. The number of pyridine rings is 1. The summed E-state index contributed by atoms with van der Waals surface area (Å²) in [5, 5.41) is 0. The Bertz CT molecular complexity index is 522. The zero-order valence-electron chi connectivity index (χ0n) is 11.8. The minimum absolute atomic E-state index is 0.225. The largest absolute Gasteiger partial charge is 0.397 e. The van der Waals surface area contributed by atoms with Gasteiger partial charge in [-0.3, -0.25) is 4.90 Å². The lowest BCUT2D eigenvalue weighted by Gasteiger charge is -2.35. The summed E-state index contributed by atoms with van der Waals surface area (Å²) < 4.78 is 23.0. The van der Waals surface area contributed by atoms with Crippen LogP contribution in [0.25, 0.3) is 0 Å². The predicted octanol–water partition coefficient (Wildman–Crippen LogP) is 0.221. The van der Waals surface area contributed by atoms with E-state index >= 15 is 0 Å². The van der Waals surface area contributed by atoms with Gasteiger partial charge in [0.25, 0.3) is 0 Å². The zero-order valence-corrected chi connectivity index (χ0v) is 12.6. The first-order valence-corrected chi connectivity index (χ1v) is 8.71. The summed E-state index contributed by atoms with van der Waals surface area (Å²) in [6, 6.07) is 3.77. The van der Waals surface area contributed by atoms with Crippen LogP contribution in [0.5, 0.6) is 0 Å². The van der Waals surface area contributed by atoms with Gasteiger partial charge in [-0.15, -0.1) is 0 Å². The SMILES string of the molecule is CCS(=O)(=O)CCN1CCN(c2ccc(N)cn2)CC1. The molecule has 0 spiro atoms. The summed E-state index contributed by atoms with van der Waals surface area (Å²) in [5.41, 5.74) is 6.29. The highest BCUT2D eigenvalue weighted by atomic mass is 32.2. The molecule has 2 heterocycles. The molecule has 0 radical (unpaired) electrons. The highest BCUT2D eigenvalue weighted by molar-refractivity contribution is 7.91. The van der Waals surface area contributed by atoms with Crippen molar-refractivity contribution in [3.8, 4) is 0 Å². The number of aromatic nitrogens is 1. The second kappa shape index (κ2) is 6.41. The monoisotopic (exact) mass is 298 g/mol. The fourth-order valence-electron chi connectivity index (χ4n) is 2.20. The van der Waals surface area contributed by atoms with Crippen molar-refractivity contribution in [2.24, 2.45) is 0 Å².